The minimum absolute atomic E-state index is 0.322. The summed E-state index contributed by atoms with van der Waals surface area (Å²) in [5.74, 6) is 0. The summed E-state index contributed by atoms with van der Waals surface area (Å²) in [5, 5.41) is 18.4. The lowest BCUT2D eigenvalue weighted by Crippen LogP contribution is -2.40. The predicted octanol–water partition coefficient (Wildman–Crippen LogP) is 2.15. The van der Waals surface area contributed by atoms with Crippen LogP contribution >= 0.6 is 11.6 Å². The Kier molecular flexibility index (Phi) is 4.98. The van der Waals surface area contributed by atoms with Crippen molar-refractivity contribution in [1.29, 1.82) is 0 Å². The lowest BCUT2D eigenvalue weighted by molar-refractivity contribution is 0.0455. The highest BCUT2D eigenvalue weighted by atomic mass is 35.5. The van der Waals surface area contributed by atoms with E-state index in [0.29, 0.717) is 23.3 Å². The molecule has 1 unspecified atom stereocenters. The van der Waals surface area contributed by atoms with Gasteiger partial charge in [-0.25, -0.2) is 0 Å². The van der Waals surface area contributed by atoms with E-state index in [0.717, 1.165) is 13.0 Å². The van der Waals surface area contributed by atoms with Crippen molar-refractivity contribution in [3.8, 4) is 0 Å². The number of hydrogen-bond donors (Lipinski definition) is 2. The normalized spacial score (nSPS) is 15.2. The molecule has 0 aromatic carbocycles. The lowest BCUT2D eigenvalue weighted by atomic mass is 10.0. The summed E-state index contributed by atoms with van der Waals surface area (Å²) in [7, 11) is 0. The van der Waals surface area contributed by atoms with E-state index in [4.69, 9.17) is 11.6 Å². The molecule has 4 nitrogen and oxygen atoms in total. The van der Waals surface area contributed by atoms with Gasteiger partial charge in [-0.3, -0.25) is 4.68 Å². The first kappa shape index (κ1) is 14.5. The van der Waals surface area contributed by atoms with Gasteiger partial charge in [0.15, 0.2) is 0 Å². The number of halogens is 1. The van der Waals surface area contributed by atoms with Crippen molar-refractivity contribution < 1.29 is 5.11 Å². The van der Waals surface area contributed by atoms with Crippen LogP contribution in [0.4, 0.5) is 0 Å². The molecule has 17 heavy (non-hydrogen) atoms. The molecule has 0 aliphatic carbocycles. The maximum atomic E-state index is 10.5. The van der Waals surface area contributed by atoms with Gasteiger partial charge in [0, 0.05) is 19.1 Å². The number of rotatable bonds is 6. The fourth-order valence-corrected chi connectivity index (χ4v) is 2.11. The Bertz CT molecular complexity index is 361. The SMILES string of the molecule is CCCn1ncc(Cl)c1C(C)(O)CNC(C)C. The van der Waals surface area contributed by atoms with E-state index in [9.17, 15) is 5.11 Å². The highest BCUT2D eigenvalue weighted by Gasteiger charge is 2.30. The Morgan fingerprint density at radius 1 is 1.59 bits per heavy atom. The van der Waals surface area contributed by atoms with Gasteiger partial charge >= 0.3 is 0 Å². The Labute approximate surface area is 108 Å². The van der Waals surface area contributed by atoms with Crippen molar-refractivity contribution in [3.63, 3.8) is 0 Å². The first-order valence-electron chi connectivity index (χ1n) is 6.06. The van der Waals surface area contributed by atoms with Crippen LogP contribution in [0.1, 0.15) is 39.8 Å². The van der Waals surface area contributed by atoms with Crippen molar-refractivity contribution in [1.82, 2.24) is 15.1 Å². The van der Waals surface area contributed by atoms with Crippen LogP contribution in [0.15, 0.2) is 6.20 Å². The van der Waals surface area contributed by atoms with Crippen molar-refractivity contribution >= 4 is 11.6 Å². The molecule has 0 saturated carbocycles. The van der Waals surface area contributed by atoms with Crippen LogP contribution in [-0.2, 0) is 12.1 Å². The molecular weight excluding hydrogens is 238 g/mol. The molecule has 0 bridgehead atoms. The summed E-state index contributed by atoms with van der Waals surface area (Å²) in [6.07, 6.45) is 2.55. The molecule has 1 aromatic heterocycles. The van der Waals surface area contributed by atoms with E-state index in [1.807, 2.05) is 13.8 Å². The Hall–Kier alpha value is -0.580. The van der Waals surface area contributed by atoms with Crippen LogP contribution < -0.4 is 5.32 Å². The zero-order valence-corrected chi connectivity index (χ0v) is 11.8. The number of aliphatic hydroxyl groups is 1. The number of aromatic nitrogens is 2. The Morgan fingerprint density at radius 2 is 2.24 bits per heavy atom. The van der Waals surface area contributed by atoms with Gasteiger partial charge in [-0.15, -0.1) is 0 Å². The first-order valence-corrected chi connectivity index (χ1v) is 6.43. The smallest absolute Gasteiger partial charge is 0.117 e. The molecule has 0 radical (unpaired) electrons. The average Bonchev–Trinajstić information content (AvgIpc) is 2.58. The highest BCUT2D eigenvalue weighted by molar-refractivity contribution is 6.31. The molecule has 1 rings (SSSR count). The molecule has 98 valence electrons. The molecule has 0 aliphatic heterocycles. The molecule has 0 saturated heterocycles. The van der Waals surface area contributed by atoms with Gasteiger partial charge in [0.25, 0.3) is 0 Å². The van der Waals surface area contributed by atoms with Gasteiger partial charge in [0.1, 0.15) is 5.60 Å². The Morgan fingerprint density at radius 3 is 2.76 bits per heavy atom. The molecule has 0 spiro atoms. The fraction of sp³-hybridized carbons (Fsp3) is 0.750. The van der Waals surface area contributed by atoms with Crippen LogP contribution in [0.2, 0.25) is 5.02 Å². The molecule has 2 N–H and O–H groups in total. The molecule has 0 aliphatic rings. The van der Waals surface area contributed by atoms with Gasteiger partial charge in [0.2, 0.25) is 0 Å². The fourth-order valence-electron chi connectivity index (χ4n) is 1.77. The highest BCUT2D eigenvalue weighted by Crippen LogP contribution is 2.27. The van der Waals surface area contributed by atoms with Gasteiger partial charge in [-0.2, -0.15) is 5.10 Å². The first-order chi connectivity index (χ1) is 7.88. The molecule has 1 heterocycles. The van der Waals surface area contributed by atoms with Crippen molar-refractivity contribution in [2.45, 2.75) is 52.3 Å². The number of hydrogen-bond acceptors (Lipinski definition) is 3. The average molecular weight is 260 g/mol. The van der Waals surface area contributed by atoms with Gasteiger partial charge in [0.05, 0.1) is 16.9 Å². The molecule has 5 heteroatoms. The largest absolute Gasteiger partial charge is 0.382 e. The minimum atomic E-state index is -1.01. The second-order valence-electron chi connectivity index (χ2n) is 4.87. The van der Waals surface area contributed by atoms with Gasteiger partial charge < -0.3 is 10.4 Å². The number of nitrogens with one attached hydrogen (secondary N) is 1. The van der Waals surface area contributed by atoms with E-state index in [1.54, 1.807) is 17.8 Å². The minimum Gasteiger partial charge on any atom is -0.382 e. The summed E-state index contributed by atoms with van der Waals surface area (Å²) in [6.45, 7) is 9.14. The molecular formula is C12H22ClN3O. The van der Waals surface area contributed by atoms with E-state index in [-0.39, 0.29) is 0 Å². The topological polar surface area (TPSA) is 50.1 Å². The van der Waals surface area contributed by atoms with Crippen LogP contribution in [0.5, 0.6) is 0 Å². The van der Waals surface area contributed by atoms with Gasteiger partial charge in [-0.1, -0.05) is 32.4 Å². The molecule has 1 aromatic rings. The zero-order valence-electron chi connectivity index (χ0n) is 11.0. The third-order valence-corrected chi connectivity index (χ3v) is 2.87. The van der Waals surface area contributed by atoms with Gasteiger partial charge in [-0.05, 0) is 13.3 Å². The standard InChI is InChI=1S/C12H22ClN3O/c1-5-6-16-11(10(13)7-15-16)12(4,17)8-14-9(2)3/h7,9,14,17H,5-6,8H2,1-4H3. The van der Waals surface area contributed by atoms with Crippen LogP contribution in [0.25, 0.3) is 0 Å². The van der Waals surface area contributed by atoms with E-state index >= 15 is 0 Å². The zero-order chi connectivity index (χ0) is 13.1. The summed E-state index contributed by atoms with van der Waals surface area (Å²) < 4.78 is 1.78. The van der Waals surface area contributed by atoms with Crippen LogP contribution in [0.3, 0.4) is 0 Å². The third-order valence-electron chi connectivity index (χ3n) is 2.59. The molecule has 0 amide bonds. The summed E-state index contributed by atoms with van der Waals surface area (Å²) in [4.78, 5) is 0. The van der Waals surface area contributed by atoms with E-state index in [1.165, 1.54) is 0 Å². The predicted molar refractivity (Wildman–Crippen MR) is 70.2 cm³/mol. The van der Waals surface area contributed by atoms with E-state index < -0.39 is 5.60 Å². The van der Waals surface area contributed by atoms with Crippen molar-refractivity contribution in [3.05, 3.63) is 16.9 Å². The summed E-state index contributed by atoms with van der Waals surface area (Å²) in [5.41, 5.74) is -0.318. The van der Waals surface area contributed by atoms with Crippen molar-refractivity contribution in [2.75, 3.05) is 6.54 Å². The quantitative estimate of drug-likeness (QED) is 0.823. The van der Waals surface area contributed by atoms with Crippen LogP contribution in [-0.4, -0.2) is 27.5 Å². The summed E-state index contributed by atoms with van der Waals surface area (Å²) in [6, 6.07) is 0.322. The van der Waals surface area contributed by atoms with E-state index in [2.05, 4.69) is 17.3 Å². The Balaban J connectivity index is 2.91. The summed E-state index contributed by atoms with van der Waals surface area (Å²) >= 11 is 6.11. The molecule has 0 fully saturated rings. The maximum absolute atomic E-state index is 10.5. The van der Waals surface area contributed by atoms with Crippen molar-refractivity contribution in [2.24, 2.45) is 0 Å². The second kappa shape index (κ2) is 5.85. The van der Waals surface area contributed by atoms with Crippen LogP contribution in [0, 0.1) is 0 Å². The molecule has 1 atom stereocenters. The number of nitrogens with zero attached hydrogens (tertiary/aromatic N) is 2. The third kappa shape index (κ3) is 3.69. The number of aryl methyl sites for hydroxylation is 1. The monoisotopic (exact) mass is 259 g/mol. The maximum Gasteiger partial charge on any atom is 0.117 e. The second-order valence-corrected chi connectivity index (χ2v) is 5.28. The lowest BCUT2D eigenvalue weighted by Gasteiger charge is -2.26.